The maximum Gasteiger partial charge on any atom is 0.244 e. The smallest absolute Gasteiger partial charge is 0.244 e. The van der Waals surface area contributed by atoms with Crippen LogP contribution in [0.2, 0.25) is 15.1 Å². The van der Waals surface area contributed by atoms with Crippen molar-refractivity contribution in [1.29, 1.82) is 0 Å². The molecule has 0 saturated heterocycles. The molecule has 0 aromatic heterocycles. The Morgan fingerprint density at radius 3 is 2.33 bits per heavy atom. The molecule has 1 saturated carbocycles. The number of ether oxygens (including phenoxy) is 1. The summed E-state index contributed by atoms with van der Waals surface area (Å²) < 4.78 is 32.1. The maximum absolute atomic E-state index is 13.9. The summed E-state index contributed by atoms with van der Waals surface area (Å²) in [5.74, 6) is -0.612. The van der Waals surface area contributed by atoms with Crippen molar-refractivity contribution in [3.05, 3.63) is 57.0 Å². The van der Waals surface area contributed by atoms with E-state index in [1.54, 1.807) is 24.3 Å². The van der Waals surface area contributed by atoms with Gasteiger partial charge in [-0.25, -0.2) is 8.42 Å². The van der Waals surface area contributed by atoms with Crippen LogP contribution in [-0.2, 0) is 26.2 Å². The summed E-state index contributed by atoms with van der Waals surface area (Å²) in [6.45, 7) is 1.27. The first-order valence-electron chi connectivity index (χ1n) is 12.8. The second kappa shape index (κ2) is 13.9. The summed E-state index contributed by atoms with van der Waals surface area (Å²) in [6.07, 6.45) is 6.32. The molecule has 8 nitrogen and oxygen atoms in total. The molecule has 3 rings (SSSR count). The van der Waals surface area contributed by atoms with E-state index in [4.69, 9.17) is 39.5 Å². The Bertz CT molecular complexity index is 1290. The maximum atomic E-state index is 13.9. The van der Waals surface area contributed by atoms with E-state index >= 15 is 0 Å². The van der Waals surface area contributed by atoms with Gasteiger partial charge in [-0.05, 0) is 55.2 Å². The van der Waals surface area contributed by atoms with E-state index in [-0.39, 0.29) is 35.0 Å². The molecule has 12 heteroatoms. The van der Waals surface area contributed by atoms with Crippen molar-refractivity contribution >= 4 is 62.3 Å². The number of sulfonamides is 1. The fourth-order valence-corrected chi connectivity index (χ4v) is 6.08. The van der Waals surface area contributed by atoms with Gasteiger partial charge in [0, 0.05) is 17.6 Å². The zero-order chi connectivity index (χ0) is 28.7. The Morgan fingerprint density at radius 1 is 1.05 bits per heavy atom. The van der Waals surface area contributed by atoms with Gasteiger partial charge in [-0.1, -0.05) is 67.1 Å². The molecule has 0 aliphatic heterocycles. The van der Waals surface area contributed by atoms with Crippen molar-refractivity contribution in [1.82, 2.24) is 10.2 Å². The summed E-state index contributed by atoms with van der Waals surface area (Å²) in [5, 5.41) is 4.05. The van der Waals surface area contributed by atoms with Gasteiger partial charge in [0.25, 0.3) is 0 Å². The summed E-state index contributed by atoms with van der Waals surface area (Å²) in [6, 6.07) is 8.68. The Labute approximate surface area is 245 Å². The van der Waals surface area contributed by atoms with Crippen molar-refractivity contribution < 1.29 is 22.7 Å². The van der Waals surface area contributed by atoms with Gasteiger partial charge in [0.05, 0.1) is 29.1 Å². The highest BCUT2D eigenvalue weighted by atomic mass is 35.5. The van der Waals surface area contributed by atoms with Crippen LogP contribution in [-0.4, -0.2) is 57.1 Å². The molecule has 0 unspecified atom stereocenters. The van der Waals surface area contributed by atoms with Crippen LogP contribution in [0.4, 0.5) is 5.69 Å². The predicted octanol–water partition coefficient (Wildman–Crippen LogP) is 5.68. The van der Waals surface area contributed by atoms with Gasteiger partial charge in [-0.3, -0.25) is 13.9 Å². The first-order chi connectivity index (χ1) is 18.4. The standard InChI is InChI=1S/C27H34Cl3N3O5S/c1-4-23(27(35)31-20-8-6-5-7-9-20)32(16-18-10-12-21(29)22(30)14-18)26(34)17-33(39(3,36)37)24-15-19(28)11-13-25(24)38-2/h10-15,20,23H,4-9,16-17H2,1-3H3,(H,31,35)/t23-/m0/s1. The number of nitrogens with one attached hydrogen (secondary N) is 1. The second-order valence-corrected chi connectivity index (χ2v) is 12.8. The summed E-state index contributed by atoms with van der Waals surface area (Å²) >= 11 is 18.5. The molecule has 214 valence electrons. The van der Waals surface area contributed by atoms with Crippen LogP contribution in [0.1, 0.15) is 51.0 Å². The Balaban J connectivity index is 1.98. The lowest BCUT2D eigenvalue weighted by Gasteiger charge is -2.34. The van der Waals surface area contributed by atoms with Crippen molar-refractivity contribution in [3.8, 4) is 5.75 Å². The predicted molar refractivity (Wildman–Crippen MR) is 156 cm³/mol. The SMILES string of the molecule is CC[C@@H](C(=O)NC1CCCCC1)N(Cc1ccc(Cl)c(Cl)c1)C(=O)CN(c1cc(Cl)ccc1OC)S(C)(=O)=O. The van der Waals surface area contributed by atoms with E-state index < -0.39 is 28.5 Å². The lowest BCUT2D eigenvalue weighted by Crippen LogP contribution is -2.54. The van der Waals surface area contributed by atoms with Gasteiger partial charge in [-0.2, -0.15) is 0 Å². The highest BCUT2D eigenvalue weighted by Gasteiger charge is 2.33. The van der Waals surface area contributed by atoms with E-state index in [0.717, 1.165) is 42.7 Å². The minimum absolute atomic E-state index is 0.0244. The van der Waals surface area contributed by atoms with E-state index in [0.29, 0.717) is 22.0 Å². The first-order valence-corrected chi connectivity index (χ1v) is 15.8. The largest absolute Gasteiger partial charge is 0.495 e. The van der Waals surface area contributed by atoms with Gasteiger partial charge < -0.3 is 15.0 Å². The third-order valence-electron chi connectivity index (χ3n) is 6.76. The third-order valence-corrected chi connectivity index (χ3v) is 8.86. The molecular formula is C27H34Cl3N3O5S. The monoisotopic (exact) mass is 617 g/mol. The van der Waals surface area contributed by atoms with Crippen LogP contribution in [0.15, 0.2) is 36.4 Å². The van der Waals surface area contributed by atoms with Crippen LogP contribution >= 0.6 is 34.8 Å². The van der Waals surface area contributed by atoms with Crippen LogP contribution in [0.25, 0.3) is 0 Å². The molecule has 1 atom stereocenters. The molecule has 1 fully saturated rings. The van der Waals surface area contributed by atoms with Crippen molar-refractivity contribution in [3.63, 3.8) is 0 Å². The van der Waals surface area contributed by atoms with Crippen molar-refractivity contribution in [2.75, 3.05) is 24.2 Å². The molecule has 0 radical (unpaired) electrons. The molecule has 2 amide bonds. The molecular weight excluding hydrogens is 585 g/mol. The topological polar surface area (TPSA) is 96.0 Å². The van der Waals surface area contributed by atoms with E-state index in [1.807, 2.05) is 6.92 Å². The Hall–Kier alpha value is -2.20. The number of carbonyl (C=O) groups is 2. The fraction of sp³-hybridized carbons (Fsp3) is 0.481. The van der Waals surface area contributed by atoms with Crippen molar-refractivity contribution in [2.24, 2.45) is 0 Å². The first kappa shape index (κ1) is 31.3. The van der Waals surface area contributed by atoms with E-state index in [1.165, 1.54) is 24.1 Å². The number of nitrogens with zero attached hydrogens (tertiary/aromatic N) is 2. The molecule has 0 spiro atoms. The summed E-state index contributed by atoms with van der Waals surface area (Å²) in [5.41, 5.74) is 0.767. The number of hydrogen-bond acceptors (Lipinski definition) is 5. The zero-order valence-corrected chi connectivity index (χ0v) is 25.3. The summed E-state index contributed by atoms with van der Waals surface area (Å²) in [7, 11) is -2.55. The van der Waals surface area contributed by atoms with Gasteiger partial charge in [-0.15, -0.1) is 0 Å². The van der Waals surface area contributed by atoms with Crippen molar-refractivity contribution in [2.45, 2.75) is 64.1 Å². The molecule has 0 heterocycles. The zero-order valence-electron chi connectivity index (χ0n) is 22.3. The van der Waals surface area contributed by atoms with Crippen LogP contribution in [0.3, 0.4) is 0 Å². The third kappa shape index (κ3) is 8.39. The molecule has 39 heavy (non-hydrogen) atoms. The highest BCUT2D eigenvalue weighted by molar-refractivity contribution is 7.92. The number of benzene rings is 2. The summed E-state index contributed by atoms with van der Waals surface area (Å²) in [4.78, 5) is 28.8. The lowest BCUT2D eigenvalue weighted by molar-refractivity contribution is -0.140. The van der Waals surface area contributed by atoms with E-state index in [9.17, 15) is 18.0 Å². The van der Waals surface area contributed by atoms with Crippen LogP contribution in [0.5, 0.6) is 5.75 Å². The lowest BCUT2D eigenvalue weighted by atomic mass is 9.95. The van der Waals surface area contributed by atoms with Gasteiger partial charge in [0.1, 0.15) is 18.3 Å². The average molecular weight is 619 g/mol. The number of anilines is 1. The molecule has 2 aromatic carbocycles. The molecule has 1 N–H and O–H groups in total. The van der Waals surface area contributed by atoms with Gasteiger partial charge >= 0.3 is 0 Å². The molecule has 1 aliphatic carbocycles. The highest BCUT2D eigenvalue weighted by Crippen LogP contribution is 2.33. The number of hydrogen-bond donors (Lipinski definition) is 1. The Kier molecular flexibility index (Phi) is 11.2. The Morgan fingerprint density at radius 2 is 1.74 bits per heavy atom. The molecule has 1 aliphatic rings. The number of methoxy groups -OCH3 is 1. The fourth-order valence-electron chi connectivity index (χ4n) is 4.75. The molecule has 0 bridgehead atoms. The minimum atomic E-state index is -3.95. The number of amides is 2. The van der Waals surface area contributed by atoms with Gasteiger partial charge in [0.15, 0.2) is 0 Å². The van der Waals surface area contributed by atoms with Gasteiger partial charge in [0.2, 0.25) is 21.8 Å². The second-order valence-electron chi connectivity index (χ2n) is 9.62. The average Bonchev–Trinajstić information content (AvgIpc) is 2.89. The number of halogens is 3. The van der Waals surface area contributed by atoms with Crippen LogP contribution in [0, 0.1) is 0 Å². The number of rotatable bonds is 11. The normalized spacial score (nSPS) is 14.9. The minimum Gasteiger partial charge on any atom is -0.495 e. The number of carbonyl (C=O) groups excluding carboxylic acids is 2. The quantitative estimate of drug-likeness (QED) is 0.350. The molecule has 2 aromatic rings. The van der Waals surface area contributed by atoms with Crippen LogP contribution < -0.4 is 14.4 Å². The van der Waals surface area contributed by atoms with E-state index in [2.05, 4.69) is 5.32 Å².